The van der Waals surface area contributed by atoms with Crippen LogP contribution in [0.25, 0.3) is 0 Å². The molecule has 0 aliphatic heterocycles. The zero-order valence-electron chi connectivity index (χ0n) is 9.12. The number of rotatable bonds is 5. The van der Waals surface area contributed by atoms with E-state index in [9.17, 15) is 9.59 Å². The molecule has 0 saturated heterocycles. The van der Waals surface area contributed by atoms with E-state index in [0.29, 0.717) is 5.70 Å². The summed E-state index contributed by atoms with van der Waals surface area (Å²) in [5, 5.41) is 2.39. The Hall–Kier alpha value is -1.84. The molecule has 0 unspecified atom stereocenters. The van der Waals surface area contributed by atoms with Gasteiger partial charge in [-0.05, 0) is 12.2 Å². The van der Waals surface area contributed by atoms with Crippen LogP contribution in [0.2, 0.25) is 0 Å². The molecule has 4 heteroatoms. The fourth-order valence-corrected chi connectivity index (χ4v) is 0.926. The standard InChI is InChI=1S/C11H16N2O2/c1-5-7-9(6-2)13(4)11(15)8-10(14)12-3/h5-7H,1-2,8H2,3-4H3,(H,12,14)/b9-7+. The first-order chi connectivity index (χ1) is 7.06. The van der Waals surface area contributed by atoms with Gasteiger partial charge in [0, 0.05) is 19.8 Å². The lowest BCUT2D eigenvalue weighted by atomic mass is 10.3. The van der Waals surface area contributed by atoms with Gasteiger partial charge in [0.15, 0.2) is 0 Å². The Morgan fingerprint density at radius 3 is 2.40 bits per heavy atom. The Labute approximate surface area is 90.0 Å². The summed E-state index contributed by atoms with van der Waals surface area (Å²) in [6, 6.07) is 0. The van der Waals surface area contributed by atoms with Crippen LogP contribution in [0.1, 0.15) is 6.42 Å². The predicted molar refractivity (Wildman–Crippen MR) is 59.9 cm³/mol. The van der Waals surface area contributed by atoms with Crippen LogP contribution in [0.15, 0.2) is 37.1 Å². The van der Waals surface area contributed by atoms with Gasteiger partial charge in [0.1, 0.15) is 6.42 Å². The fraction of sp³-hybridized carbons (Fsp3) is 0.273. The van der Waals surface area contributed by atoms with Crippen molar-refractivity contribution in [2.24, 2.45) is 0 Å². The average Bonchev–Trinajstić information content (AvgIpc) is 2.24. The summed E-state index contributed by atoms with van der Waals surface area (Å²) in [5.41, 5.74) is 0.610. The number of carbonyl (C=O) groups is 2. The van der Waals surface area contributed by atoms with Crippen LogP contribution in [-0.4, -0.2) is 30.8 Å². The zero-order valence-corrected chi connectivity index (χ0v) is 9.12. The lowest BCUT2D eigenvalue weighted by Crippen LogP contribution is -2.31. The lowest BCUT2D eigenvalue weighted by Gasteiger charge is -2.17. The number of carbonyl (C=O) groups excluding carboxylic acids is 2. The molecule has 15 heavy (non-hydrogen) atoms. The summed E-state index contributed by atoms with van der Waals surface area (Å²) in [7, 11) is 3.08. The minimum atomic E-state index is -0.311. The van der Waals surface area contributed by atoms with E-state index in [0.717, 1.165) is 0 Å². The molecule has 4 nitrogen and oxygen atoms in total. The van der Waals surface area contributed by atoms with E-state index in [-0.39, 0.29) is 18.2 Å². The smallest absolute Gasteiger partial charge is 0.236 e. The largest absolute Gasteiger partial charge is 0.359 e. The Kier molecular flexibility index (Phi) is 5.78. The molecule has 0 aromatic carbocycles. The van der Waals surface area contributed by atoms with Crippen molar-refractivity contribution in [3.63, 3.8) is 0 Å². The highest BCUT2D eigenvalue weighted by molar-refractivity contribution is 5.97. The van der Waals surface area contributed by atoms with Crippen molar-refractivity contribution in [3.05, 3.63) is 37.1 Å². The highest BCUT2D eigenvalue weighted by Crippen LogP contribution is 2.05. The highest BCUT2D eigenvalue weighted by atomic mass is 16.2. The molecule has 0 saturated carbocycles. The van der Waals surface area contributed by atoms with Gasteiger partial charge in [0.25, 0.3) is 0 Å². The van der Waals surface area contributed by atoms with Crippen molar-refractivity contribution in [3.8, 4) is 0 Å². The van der Waals surface area contributed by atoms with Crippen LogP contribution >= 0.6 is 0 Å². The van der Waals surface area contributed by atoms with Crippen molar-refractivity contribution in [1.29, 1.82) is 0 Å². The maximum Gasteiger partial charge on any atom is 0.236 e. The quantitative estimate of drug-likeness (QED) is 0.537. The van der Waals surface area contributed by atoms with Crippen LogP contribution < -0.4 is 5.32 Å². The van der Waals surface area contributed by atoms with Crippen molar-refractivity contribution in [2.75, 3.05) is 14.1 Å². The second kappa shape index (κ2) is 6.59. The molecule has 0 spiro atoms. The van der Waals surface area contributed by atoms with Gasteiger partial charge in [-0.3, -0.25) is 9.59 Å². The van der Waals surface area contributed by atoms with E-state index in [1.165, 1.54) is 18.0 Å². The van der Waals surface area contributed by atoms with E-state index in [1.54, 1.807) is 19.2 Å². The molecule has 1 N–H and O–H groups in total. The molecule has 0 radical (unpaired) electrons. The molecule has 0 bridgehead atoms. The molecule has 0 heterocycles. The zero-order chi connectivity index (χ0) is 11.8. The van der Waals surface area contributed by atoms with Gasteiger partial charge in [0.2, 0.25) is 11.8 Å². The third-order valence-electron chi connectivity index (χ3n) is 1.85. The molecule has 0 fully saturated rings. The van der Waals surface area contributed by atoms with E-state index >= 15 is 0 Å². The second-order valence-corrected chi connectivity index (χ2v) is 2.83. The third-order valence-corrected chi connectivity index (χ3v) is 1.85. The van der Waals surface area contributed by atoms with Crippen LogP contribution in [0.5, 0.6) is 0 Å². The van der Waals surface area contributed by atoms with Crippen molar-refractivity contribution in [2.45, 2.75) is 6.42 Å². The van der Waals surface area contributed by atoms with Crippen LogP contribution in [0, 0.1) is 0 Å². The molecular weight excluding hydrogens is 192 g/mol. The third kappa shape index (κ3) is 4.26. The predicted octanol–water partition coefficient (Wildman–Crippen LogP) is 0.837. The van der Waals surface area contributed by atoms with Crippen LogP contribution in [-0.2, 0) is 9.59 Å². The Bertz CT molecular complexity index is 306. The second-order valence-electron chi connectivity index (χ2n) is 2.83. The van der Waals surface area contributed by atoms with E-state index in [1.807, 2.05) is 0 Å². The molecule has 0 aromatic rings. The van der Waals surface area contributed by atoms with Crippen molar-refractivity contribution < 1.29 is 9.59 Å². The average molecular weight is 208 g/mol. The topological polar surface area (TPSA) is 49.4 Å². The summed E-state index contributed by atoms with van der Waals surface area (Å²) in [5.74, 6) is -0.601. The van der Waals surface area contributed by atoms with Gasteiger partial charge in [0.05, 0.1) is 0 Å². The van der Waals surface area contributed by atoms with Gasteiger partial charge in [-0.15, -0.1) is 0 Å². The Morgan fingerprint density at radius 1 is 1.40 bits per heavy atom. The SMILES string of the molecule is C=C/C=C(\C=C)N(C)C(=O)CC(=O)NC. The van der Waals surface area contributed by atoms with E-state index in [2.05, 4.69) is 18.5 Å². The van der Waals surface area contributed by atoms with Crippen molar-refractivity contribution in [1.82, 2.24) is 10.2 Å². The minimum Gasteiger partial charge on any atom is -0.359 e. The molecular formula is C11H16N2O2. The Balaban J connectivity index is 4.55. The molecule has 0 aliphatic rings. The molecule has 0 aromatic heterocycles. The number of amides is 2. The van der Waals surface area contributed by atoms with Crippen molar-refractivity contribution >= 4 is 11.8 Å². The molecule has 0 rings (SSSR count). The summed E-state index contributed by atoms with van der Waals surface area (Å²) in [6.45, 7) is 7.10. The first-order valence-electron chi connectivity index (χ1n) is 4.49. The summed E-state index contributed by atoms with van der Waals surface area (Å²) < 4.78 is 0. The number of hydrogen-bond donors (Lipinski definition) is 1. The number of hydrogen-bond acceptors (Lipinski definition) is 2. The monoisotopic (exact) mass is 208 g/mol. The van der Waals surface area contributed by atoms with Gasteiger partial charge >= 0.3 is 0 Å². The first-order valence-corrected chi connectivity index (χ1v) is 4.49. The number of nitrogens with one attached hydrogen (secondary N) is 1. The summed E-state index contributed by atoms with van der Waals surface area (Å²) in [6.07, 6.45) is 4.56. The van der Waals surface area contributed by atoms with Gasteiger partial charge < -0.3 is 10.2 Å². The summed E-state index contributed by atoms with van der Waals surface area (Å²) >= 11 is 0. The number of likely N-dealkylation sites (N-methyl/N-ethyl adjacent to an activating group) is 1. The summed E-state index contributed by atoms with van der Waals surface area (Å²) in [4.78, 5) is 23.9. The number of allylic oxidation sites excluding steroid dienone is 3. The lowest BCUT2D eigenvalue weighted by molar-refractivity contribution is -0.133. The van der Waals surface area contributed by atoms with E-state index in [4.69, 9.17) is 0 Å². The fourth-order valence-electron chi connectivity index (χ4n) is 0.926. The molecule has 82 valence electrons. The molecule has 0 aliphatic carbocycles. The molecule has 0 atom stereocenters. The maximum absolute atomic E-state index is 11.5. The van der Waals surface area contributed by atoms with Gasteiger partial charge in [-0.2, -0.15) is 0 Å². The number of nitrogens with zero attached hydrogens (tertiary/aromatic N) is 1. The van der Waals surface area contributed by atoms with E-state index < -0.39 is 0 Å². The Morgan fingerprint density at radius 2 is 2.00 bits per heavy atom. The van der Waals surface area contributed by atoms with Crippen LogP contribution in [0.4, 0.5) is 0 Å². The maximum atomic E-state index is 11.5. The first kappa shape index (κ1) is 13.2. The normalized spacial score (nSPS) is 10.4. The van der Waals surface area contributed by atoms with Gasteiger partial charge in [-0.25, -0.2) is 0 Å². The van der Waals surface area contributed by atoms with Crippen LogP contribution in [0.3, 0.4) is 0 Å². The molecule has 2 amide bonds. The minimum absolute atomic E-state index is 0.171. The highest BCUT2D eigenvalue weighted by Gasteiger charge is 2.14. The van der Waals surface area contributed by atoms with Gasteiger partial charge in [-0.1, -0.05) is 19.2 Å².